The van der Waals surface area contributed by atoms with E-state index in [0.29, 0.717) is 24.2 Å². The van der Waals surface area contributed by atoms with Crippen molar-refractivity contribution in [3.8, 4) is 0 Å². The molecule has 0 unspecified atom stereocenters. The Balaban J connectivity index is 1.61. The average molecular weight is 436 g/mol. The molecular formula is C22H33N3O4S. The highest BCUT2D eigenvalue weighted by atomic mass is 32.2. The van der Waals surface area contributed by atoms with Crippen LogP contribution in [0.1, 0.15) is 67.3 Å². The fourth-order valence-corrected chi connectivity index (χ4v) is 5.66. The third-order valence-corrected chi connectivity index (χ3v) is 7.88. The number of nitrogens with zero attached hydrogens (tertiary/aromatic N) is 2. The highest BCUT2D eigenvalue weighted by Gasteiger charge is 2.27. The van der Waals surface area contributed by atoms with Crippen molar-refractivity contribution in [1.29, 1.82) is 0 Å². The van der Waals surface area contributed by atoms with Crippen LogP contribution in [0.15, 0.2) is 23.1 Å². The van der Waals surface area contributed by atoms with Crippen LogP contribution in [0.3, 0.4) is 0 Å². The highest BCUT2D eigenvalue weighted by molar-refractivity contribution is 7.89. The molecule has 2 heterocycles. The van der Waals surface area contributed by atoms with E-state index in [1.807, 2.05) is 4.90 Å². The van der Waals surface area contributed by atoms with E-state index >= 15 is 0 Å². The van der Waals surface area contributed by atoms with Gasteiger partial charge in [0.2, 0.25) is 15.9 Å². The first kappa shape index (κ1) is 22.7. The molecule has 0 atom stereocenters. The molecule has 0 aromatic heterocycles. The van der Waals surface area contributed by atoms with Gasteiger partial charge in [-0.25, -0.2) is 8.42 Å². The maximum Gasteiger partial charge on any atom is 0.251 e. The van der Waals surface area contributed by atoms with Crippen molar-refractivity contribution in [3.63, 3.8) is 0 Å². The Labute approximate surface area is 179 Å². The van der Waals surface area contributed by atoms with E-state index in [1.54, 1.807) is 19.1 Å². The average Bonchev–Trinajstić information content (AvgIpc) is 3.04. The third kappa shape index (κ3) is 5.60. The summed E-state index contributed by atoms with van der Waals surface area (Å²) in [5.41, 5.74) is 1.05. The lowest BCUT2D eigenvalue weighted by Gasteiger charge is -2.26. The molecule has 2 aliphatic heterocycles. The van der Waals surface area contributed by atoms with Crippen molar-refractivity contribution in [2.75, 3.05) is 32.7 Å². The lowest BCUT2D eigenvalue weighted by Crippen LogP contribution is -2.36. The van der Waals surface area contributed by atoms with E-state index in [2.05, 4.69) is 5.32 Å². The van der Waals surface area contributed by atoms with Crippen molar-refractivity contribution >= 4 is 21.8 Å². The van der Waals surface area contributed by atoms with Gasteiger partial charge < -0.3 is 10.2 Å². The number of benzene rings is 1. The van der Waals surface area contributed by atoms with E-state index in [-0.39, 0.29) is 29.7 Å². The molecule has 2 saturated heterocycles. The third-order valence-electron chi connectivity index (χ3n) is 5.99. The molecule has 2 fully saturated rings. The van der Waals surface area contributed by atoms with Crippen LogP contribution in [-0.2, 0) is 14.8 Å². The number of hydrogen-bond donors (Lipinski definition) is 1. The van der Waals surface area contributed by atoms with Gasteiger partial charge >= 0.3 is 0 Å². The molecule has 7 nitrogen and oxygen atoms in total. The van der Waals surface area contributed by atoms with Crippen molar-refractivity contribution in [1.82, 2.24) is 14.5 Å². The van der Waals surface area contributed by atoms with Crippen molar-refractivity contribution in [3.05, 3.63) is 29.3 Å². The normalized spacial score (nSPS) is 18.6. The Morgan fingerprint density at radius 2 is 1.53 bits per heavy atom. The van der Waals surface area contributed by atoms with Gasteiger partial charge in [-0.15, -0.1) is 0 Å². The molecule has 0 bridgehead atoms. The maximum atomic E-state index is 12.9. The molecule has 8 heteroatoms. The number of aryl methyl sites for hydroxylation is 1. The SMILES string of the molecule is Cc1ccc(S(=O)(=O)N2CCCCC2)cc1C(=O)NCCC(=O)N1CCCCCC1. The van der Waals surface area contributed by atoms with Crippen LogP contribution < -0.4 is 5.32 Å². The molecule has 3 rings (SSSR count). The van der Waals surface area contributed by atoms with E-state index in [9.17, 15) is 18.0 Å². The summed E-state index contributed by atoms with van der Waals surface area (Å²) in [6, 6.07) is 4.71. The topological polar surface area (TPSA) is 86.8 Å². The molecule has 0 aliphatic carbocycles. The van der Waals surface area contributed by atoms with E-state index in [0.717, 1.165) is 58.0 Å². The standard InChI is InChI=1S/C22H33N3O4S/c1-18-9-10-19(30(28,29)25-15-7-4-8-16-25)17-20(18)22(27)23-12-11-21(26)24-13-5-2-3-6-14-24/h9-10,17H,2-8,11-16H2,1H3,(H,23,27). The van der Waals surface area contributed by atoms with Gasteiger partial charge in [0.05, 0.1) is 4.90 Å². The zero-order valence-electron chi connectivity index (χ0n) is 17.9. The predicted molar refractivity (Wildman–Crippen MR) is 116 cm³/mol. The Morgan fingerprint density at radius 3 is 2.20 bits per heavy atom. The summed E-state index contributed by atoms with van der Waals surface area (Å²) >= 11 is 0. The largest absolute Gasteiger partial charge is 0.352 e. The van der Waals surface area contributed by atoms with Crippen molar-refractivity contribution in [2.24, 2.45) is 0 Å². The summed E-state index contributed by atoms with van der Waals surface area (Å²) in [7, 11) is -3.59. The Bertz CT molecular complexity index is 855. The predicted octanol–water partition coefficient (Wildman–Crippen LogP) is 2.69. The molecule has 1 N–H and O–H groups in total. The second kappa shape index (κ2) is 10.4. The lowest BCUT2D eigenvalue weighted by atomic mass is 10.1. The fourth-order valence-electron chi connectivity index (χ4n) is 4.12. The molecule has 1 aromatic rings. The zero-order valence-corrected chi connectivity index (χ0v) is 18.7. The second-order valence-electron chi connectivity index (χ2n) is 8.24. The smallest absolute Gasteiger partial charge is 0.251 e. The molecule has 2 amide bonds. The van der Waals surface area contributed by atoms with Crippen LogP contribution in [0.25, 0.3) is 0 Å². The Morgan fingerprint density at radius 1 is 0.933 bits per heavy atom. The monoisotopic (exact) mass is 435 g/mol. The number of carbonyl (C=O) groups is 2. The number of sulfonamides is 1. The quantitative estimate of drug-likeness (QED) is 0.744. The number of amides is 2. The van der Waals surface area contributed by atoms with Gasteiger partial charge in [-0.05, 0) is 50.3 Å². The Kier molecular flexibility index (Phi) is 7.88. The van der Waals surface area contributed by atoms with Gasteiger partial charge in [0.1, 0.15) is 0 Å². The van der Waals surface area contributed by atoms with Crippen LogP contribution in [0.4, 0.5) is 0 Å². The van der Waals surface area contributed by atoms with Crippen molar-refractivity contribution < 1.29 is 18.0 Å². The number of nitrogens with one attached hydrogen (secondary N) is 1. The van der Waals surface area contributed by atoms with Gasteiger partial charge in [-0.2, -0.15) is 4.31 Å². The van der Waals surface area contributed by atoms with Gasteiger partial charge in [-0.3, -0.25) is 9.59 Å². The molecule has 0 radical (unpaired) electrons. The first-order valence-corrected chi connectivity index (χ1v) is 12.5. The number of rotatable bonds is 6. The summed E-state index contributed by atoms with van der Waals surface area (Å²) < 4.78 is 27.4. The summed E-state index contributed by atoms with van der Waals surface area (Å²) in [6.07, 6.45) is 7.44. The van der Waals surface area contributed by atoms with E-state index in [1.165, 1.54) is 10.4 Å². The summed E-state index contributed by atoms with van der Waals surface area (Å²) in [5, 5.41) is 2.79. The fraction of sp³-hybridized carbons (Fsp3) is 0.636. The molecule has 0 spiro atoms. The number of likely N-dealkylation sites (tertiary alicyclic amines) is 1. The summed E-state index contributed by atoms with van der Waals surface area (Å²) in [6.45, 7) is 4.67. The highest BCUT2D eigenvalue weighted by Crippen LogP contribution is 2.23. The molecule has 2 aliphatic rings. The lowest BCUT2D eigenvalue weighted by molar-refractivity contribution is -0.131. The van der Waals surface area contributed by atoms with Crippen LogP contribution in [0.5, 0.6) is 0 Å². The van der Waals surface area contributed by atoms with Crippen LogP contribution in [0, 0.1) is 6.92 Å². The van der Waals surface area contributed by atoms with Gasteiger partial charge in [0.15, 0.2) is 0 Å². The van der Waals surface area contributed by atoms with Gasteiger partial charge in [0, 0.05) is 44.7 Å². The molecule has 30 heavy (non-hydrogen) atoms. The minimum atomic E-state index is -3.59. The van der Waals surface area contributed by atoms with Gasteiger partial charge in [-0.1, -0.05) is 25.3 Å². The number of hydrogen-bond acceptors (Lipinski definition) is 4. The first-order chi connectivity index (χ1) is 14.4. The minimum Gasteiger partial charge on any atom is -0.352 e. The first-order valence-electron chi connectivity index (χ1n) is 11.1. The zero-order chi connectivity index (χ0) is 21.6. The molecule has 1 aromatic carbocycles. The second-order valence-corrected chi connectivity index (χ2v) is 10.2. The maximum absolute atomic E-state index is 12.9. The van der Waals surface area contributed by atoms with Gasteiger partial charge in [0.25, 0.3) is 5.91 Å². The van der Waals surface area contributed by atoms with Crippen LogP contribution in [0.2, 0.25) is 0 Å². The van der Waals surface area contributed by atoms with E-state index in [4.69, 9.17) is 0 Å². The number of piperidine rings is 1. The van der Waals surface area contributed by atoms with Crippen molar-refractivity contribution in [2.45, 2.75) is 63.2 Å². The van der Waals surface area contributed by atoms with E-state index < -0.39 is 10.0 Å². The number of carbonyl (C=O) groups excluding carboxylic acids is 2. The molecule has 0 saturated carbocycles. The van der Waals surface area contributed by atoms with Crippen LogP contribution >= 0.6 is 0 Å². The molecule has 166 valence electrons. The Hall–Kier alpha value is -1.93. The minimum absolute atomic E-state index is 0.0651. The summed E-state index contributed by atoms with van der Waals surface area (Å²) in [4.78, 5) is 27.1. The molecular weight excluding hydrogens is 402 g/mol. The summed E-state index contributed by atoms with van der Waals surface area (Å²) in [5.74, 6) is -0.276. The van der Waals surface area contributed by atoms with Crippen LogP contribution in [-0.4, -0.2) is 62.2 Å².